The lowest BCUT2D eigenvalue weighted by atomic mass is 10.0. The molecule has 0 saturated carbocycles. The molecule has 3 heterocycles. The van der Waals surface area contributed by atoms with Crippen molar-refractivity contribution in [1.29, 1.82) is 0 Å². The van der Waals surface area contributed by atoms with Crippen LogP contribution in [0.2, 0.25) is 0 Å². The number of aliphatic imine (C=N–C) groups is 1. The number of aromatic nitrogens is 1. The number of piperazine rings is 1. The summed E-state index contributed by atoms with van der Waals surface area (Å²) in [5.74, 6) is 2.68. The van der Waals surface area contributed by atoms with E-state index in [0.717, 1.165) is 60.5 Å². The van der Waals surface area contributed by atoms with Crippen LogP contribution in [-0.2, 0) is 0 Å². The second-order valence-electron chi connectivity index (χ2n) is 7.18. The van der Waals surface area contributed by atoms with Crippen LogP contribution in [0.4, 0.5) is 0 Å². The summed E-state index contributed by atoms with van der Waals surface area (Å²) < 4.78 is 11.0. The highest BCUT2D eigenvalue weighted by molar-refractivity contribution is 5.88. The molecule has 0 bridgehead atoms. The first-order valence-corrected chi connectivity index (χ1v) is 9.80. The molecule has 7 heteroatoms. The van der Waals surface area contributed by atoms with Crippen molar-refractivity contribution >= 4 is 11.7 Å². The van der Waals surface area contributed by atoms with Crippen molar-refractivity contribution in [3.8, 4) is 11.5 Å². The van der Waals surface area contributed by atoms with Crippen LogP contribution in [-0.4, -0.2) is 68.2 Å². The van der Waals surface area contributed by atoms with Gasteiger partial charge in [0.1, 0.15) is 11.5 Å². The van der Waals surface area contributed by atoms with E-state index in [4.69, 9.17) is 14.5 Å². The summed E-state index contributed by atoms with van der Waals surface area (Å²) in [6, 6.07) is 10.1. The van der Waals surface area contributed by atoms with E-state index in [1.165, 1.54) is 0 Å². The zero-order valence-electron chi connectivity index (χ0n) is 17.1. The molecule has 2 aromatic rings. The second kappa shape index (κ2) is 8.53. The average Bonchev–Trinajstić information content (AvgIpc) is 2.79. The molecule has 2 aliphatic rings. The molecule has 2 aliphatic heterocycles. The fourth-order valence-corrected chi connectivity index (χ4v) is 3.81. The van der Waals surface area contributed by atoms with Gasteiger partial charge in [-0.2, -0.15) is 0 Å². The summed E-state index contributed by atoms with van der Waals surface area (Å²) >= 11 is 0. The van der Waals surface area contributed by atoms with Crippen LogP contribution < -0.4 is 14.8 Å². The molecular formula is C22H27N5O2. The third-order valence-electron chi connectivity index (χ3n) is 5.37. The molecule has 1 N–H and O–H groups in total. The molecule has 7 nitrogen and oxygen atoms in total. The van der Waals surface area contributed by atoms with E-state index in [-0.39, 0.29) is 6.04 Å². The highest BCUT2D eigenvalue weighted by Gasteiger charge is 2.28. The number of hydrogen-bond donors (Lipinski definition) is 1. The van der Waals surface area contributed by atoms with Crippen LogP contribution in [0.25, 0.3) is 5.70 Å². The Labute approximate surface area is 171 Å². The van der Waals surface area contributed by atoms with Crippen molar-refractivity contribution in [3.63, 3.8) is 0 Å². The smallest absolute Gasteiger partial charge is 0.201 e. The van der Waals surface area contributed by atoms with E-state index < -0.39 is 0 Å². The van der Waals surface area contributed by atoms with Gasteiger partial charge in [0.2, 0.25) is 5.96 Å². The summed E-state index contributed by atoms with van der Waals surface area (Å²) in [7, 11) is 5.48. The fraction of sp³-hybridized carbons (Fsp3) is 0.364. The number of rotatable bonds is 4. The fourth-order valence-electron chi connectivity index (χ4n) is 3.81. The molecule has 0 aliphatic carbocycles. The van der Waals surface area contributed by atoms with Gasteiger partial charge < -0.3 is 24.6 Å². The zero-order chi connectivity index (χ0) is 20.2. The molecule has 0 amide bonds. The van der Waals surface area contributed by atoms with Crippen molar-refractivity contribution in [3.05, 3.63) is 59.9 Å². The summed E-state index contributed by atoms with van der Waals surface area (Å²) in [5.41, 5.74) is 3.18. The van der Waals surface area contributed by atoms with E-state index in [9.17, 15) is 0 Å². The maximum absolute atomic E-state index is 5.61. The predicted octanol–water partition coefficient (Wildman–Crippen LogP) is 2.39. The summed E-state index contributed by atoms with van der Waals surface area (Å²) in [5, 5.41) is 3.61. The van der Waals surface area contributed by atoms with Gasteiger partial charge in [0.05, 0.1) is 26.0 Å². The number of nitrogens with one attached hydrogen (secondary N) is 1. The predicted molar refractivity (Wildman–Crippen MR) is 114 cm³/mol. The number of benzene rings is 1. The van der Waals surface area contributed by atoms with Crippen molar-refractivity contribution in [2.75, 3.05) is 47.4 Å². The topological polar surface area (TPSA) is 62.2 Å². The van der Waals surface area contributed by atoms with Crippen molar-refractivity contribution in [2.24, 2.45) is 4.99 Å². The average molecular weight is 393 g/mol. The molecule has 152 valence electrons. The van der Waals surface area contributed by atoms with Gasteiger partial charge in [0.15, 0.2) is 0 Å². The van der Waals surface area contributed by atoms with E-state index >= 15 is 0 Å². The maximum Gasteiger partial charge on any atom is 0.201 e. The quantitative estimate of drug-likeness (QED) is 0.861. The van der Waals surface area contributed by atoms with E-state index in [1.54, 1.807) is 26.6 Å². The van der Waals surface area contributed by atoms with Crippen LogP contribution in [0, 0.1) is 0 Å². The standard InChI is InChI=1S/C22H27N5O2/c1-26-12-8-19(16-6-9-23-10-7-16)25-22(26)27-13-11-24-20(15-27)18-14-17(28-2)4-5-21(18)29-3/h4-10,14,20,24H,11-13,15H2,1-3H3. The Morgan fingerprint density at radius 2 is 1.93 bits per heavy atom. The Bertz CT molecular complexity index is 913. The second-order valence-corrected chi connectivity index (χ2v) is 7.18. The molecule has 0 radical (unpaired) electrons. The monoisotopic (exact) mass is 393 g/mol. The lowest BCUT2D eigenvalue weighted by Gasteiger charge is -2.40. The van der Waals surface area contributed by atoms with E-state index in [1.807, 2.05) is 24.3 Å². The largest absolute Gasteiger partial charge is 0.497 e. The third kappa shape index (κ3) is 4.05. The summed E-state index contributed by atoms with van der Waals surface area (Å²) in [4.78, 5) is 13.6. The number of methoxy groups -OCH3 is 2. The first kappa shape index (κ1) is 19.3. The van der Waals surface area contributed by atoms with Gasteiger partial charge in [-0.15, -0.1) is 0 Å². The van der Waals surface area contributed by atoms with Crippen LogP contribution in [0.15, 0.2) is 53.8 Å². The summed E-state index contributed by atoms with van der Waals surface area (Å²) in [6.45, 7) is 3.39. The van der Waals surface area contributed by atoms with Crippen LogP contribution in [0.3, 0.4) is 0 Å². The van der Waals surface area contributed by atoms with Gasteiger partial charge in [-0.1, -0.05) is 0 Å². The highest BCUT2D eigenvalue weighted by atomic mass is 16.5. The van der Waals surface area contributed by atoms with E-state index in [0.29, 0.717) is 0 Å². The minimum atomic E-state index is 0.125. The van der Waals surface area contributed by atoms with Gasteiger partial charge in [-0.05, 0) is 36.4 Å². The first-order valence-electron chi connectivity index (χ1n) is 9.80. The Morgan fingerprint density at radius 1 is 1.10 bits per heavy atom. The SMILES string of the molecule is COc1ccc(OC)c(C2CN(C3=NC(c4ccncc4)=CCN3C)CCN2)c1. The molecule has 29 heavy (non-hydrogen) atoms. The van der Waals surface area contributed by atoms with Gasteiger partial charge in [0, 0.05) is 56.7 Å². The maximum atomic E-state index is 5.61. The van der Waals surface area contributed by atoms with Crippen molar-refractivity contribution in [1.82, 2.24) is 20.1 Å². The molecule has 1 unspecified atom stereocenters. The number of nitrogens with zero attached hydrogens (tertiary/aromatic N) is 4. The Balaban J connectivity index is 1.60. The van der Waals surface area contributed by atoms with E-state index in [2.05, 4.69) is 39.3 Å². The normalized spacial score (nSPS) is 19.5. The number of ether oxygens (including phenoxy) is 2. The number of likely N-dealkylation sites (N-methyl/N-ethyl adjacent to an activating group) is 1. The molecular weight excluding hydrogens is 366 g/mol. The minimum Gasteiger partial charge on any atom is -0.497 e. The van der Waals surface area contributed by atoms with Gasteiger partial charge in [-0.25, -0.2) is 4.99 Å². The highest BCUT2D eigenvalue weighted by Crippen LogP contribution is 2.31. The molecule has 1 fully saturated rings. The minimum absolute atomic E-state index is 0.125. The molecule has 1 aromatic heterocycles. The van der Waals surface area contributed by atoms with Gasteiger partial charge >= 0.3 is 0 Å². The van der Waals surface area contributed by atoms with Gasteiger partial charge in [-0.3, -0.25) is 4.98 Å². The Hall–Kier alpha value is -3.06. The molecule has 1 aromatic carbocycles. The van der Waals surface area contributed by atoms with Gasteiger partial charge in [0.25, 0.3) is 0 Å². The van der Waals surface area contributed by atoms with Crippen LogP contribution >= 0.6 is 0 Å². The van der Waals surface area contributed by atoms with Crippen molar-refractivity contribution in [2.45, 2.75) is 6.04 Å². The Kier molecular flexibility index (Phi) is 5.67. The first-order chi connectivity index (χ1) is 14.2. The molecule has 4 rings (SSSR count). The number of hydrogen-bond acceptors (Lipinski definition) is 7. The lowest BCUT2D eigenvalue weighted by Crippen LogP contribution is -2.53. The number of guanidine groups is 1. The van der Waals surface area contributed by atoms with Crippen LogP contribution in [0.5, 0.6) is 11.5 Å². The zero-order valence-corrected chi connectivity index (χ0v) is 17.1. The number of pyridine rings is 1. The molecule has 1 saturated heterocycles. The summed E-state index contributed by atoms with van der Waals surface area (Å²) in [6.07, 6.45) is 5.77. The van der Waals surface area contributed by atoms with Crippen molar-refractivity contribution < 1.29 is 9.47 Å². The molecule has 1 atom stereocenters. The molecule has 0 spiro atoms. The lowest BCUT2D eigenvalue weighted by molar-refractivity contribution is 0.262. The third-order valence-corrected chi connectivity index (χ3v) is 5.37. The Morgan fingerprint density at radius 3 is 2.69 bits per heavy atom. The van der Waals surface area contributed by atoms with Crippen LogP contribution in [0.1, 0.15) is 17.2 Å².